The Morgan fingerprint density at radius 2 is 2.00 bits per heavy atom. The van der Waals surface area contributed by atoms with Crippen molar-refractivity contribution in [3.8, 4) is 5.75 Å². The lowest BCUT2D eigenvalue weighted by Crippen LogP contribution is -2.02. The molecule has 2 rings (SSSR count). The molecule has 0 saturated carbocycles. The van der Waals surface area contributed by atoms with Crippen LogP contribution in [0.2, 0.25) is 0 Å². The predicted octanol–water partition coefficient (Wildman–Crippen LogP) is 2.17. The molecule has 0 atom stereocenters. The van der Waals surface area contributed by atoms with Crippen LogP contribution in [-0.4, -0.2) is 41.2 Å². The molecule has 0 spiro atoms. The van der Waals surface area contributed by atoms with Gasteiger partial charge < -0.3 is 19.1 Å². The second-order valence-corrected chi connectivity index (χ2v) is 5.55. The van der Waals surface area contributed by atoms with Gasteiger partial charge in [0.1, 0.15) is 5.75 Å². The van der Waals surface area contributed by atoms with E-state index in [1.54, 1.807) is 26.0 Å². The summed E-state index contributed by atoms with van der Waals surface area (Å²) < 4.78 is 12.3. The summed E-state index contributed by atoms with van der Waals surface area (Å²) in [5, 5.41) is 10.2. The number of aromatic nitrogens is 2. The van der Waals surface area contributed by atoms with Gasteiger partial charge in [0.05, 0.1) is 26.0 Å². The molecule has 0 amide bonds. The molecule has 5 nitrogen and oxygen atoms in total. The van der Waals surface area contributed by atoms with E-state index in [2.05, 4.69) is 4.98 Å². The van der Waals surface area contributed by atoms with Crippen LogP contribution in [0.25, 0.3) is 0 Å². The van der Waals surface area contributed by atoms with Gasteiger partial charge in [-0.05, 0) is 17.7 Å². The van der Waals surface area contributed by atoms with Gasteiger partial charge in [0.2, 0.25) is 0 Å². The average molecular weight is 308 g/mol. The van der Waals surface area contributed by atoms with Crippen molar-refractivity contribution in [3.05, 3.63) is 41.7 Å². The molecule has 1 N–H and O–H groups in total. The van der Waals surface area contributed by atoms with Gasteiger partial charge in [0, 0.05) is 25.6 Å². The molecule has 21 heavy (non-hydrogen) atoms. The van der Waals surface area contributed by atoms with Gasteiger partial charge in [-0.25, -0.2) is 4.98 Å². The standard InChI is InChI=1S/C15H20N2O3S/c1-19-7-8-21-15-16-13(11-18)10-17(15)9-12-3-5-14(20-2)6-4-12/h3-6,10,18H,7-9,11H2,1-2H3. The molecule has 1 aromatic heterocycles. The van der Waals surface area contributed by atoms with Gasteiger partial charge in [0.25, 0.3) is 0 Å². The number of thioether (sulfide) groups is 1. The summed E-state index contributed by atoms with van der Waals surface area (Å²) in [6.07, 6.45) is 1.89. The summed E-state index contributed by atoms with van der Waals surface area (Å²) in [7, 11) is 3.34. The minimum absolute atomic E-state index is 0.0482. The number of aliphatic hydroxyl groups excluding tert-OH is 1. The Morgan fingerprint density at radius 1 is 1.24 bits per heavy atom. The highest BCUT2D eigenvalue weighted by Gasteiger charge is 2.09. The van der Waals surface area contributed by atoms with Crippen LogP contribution >= 0.6 is 11.8 Å². The van der Waals surface area contributed by atoms with E-state index < -0.39 is 0 Å². The number of rotatable bonds is 8. The summed E-state index contributed by atoms with van der Waals surface area (Å²) in [5.74, 6) is 1.68. The number of aliphatic hydroxyl groups is 1. The normalized spacial score (nSPS) is 10.8. The van der Waals surface area contributed by atoms with Crippen LogP contribution in [0.3, 0.4) is 0 Å². The van der Waals surface area contributed by atoms with Crippen molar-refractivity contribution in [2.75, 3.05) is 26.6 Å². The Bertz CT molecular complexity index is 555. The Labute approximate surface area is 128 Å². The minimum atomic E-state index is -0.0482. The second kappa shape index (κ2) is 8.07. The van der Waals surface area contributed by atoms with Gasteiger partial charge in [0.15, 0.2) is 5.16 Å². The Kier molecular flexibility index (Phi) is 6.10. The highest BCUT2D eigenvalue weighted by molar-refractivity contribution is 7.99. The lowest BCUT2D eigenvalue weighted by molar-refractivity contribution is 0.218. The molecule has 114 valence electrons. The number of nitrogens with zero attached hydrogens (tertiary/aromatic N) is 2. The van der Waals surface area contributed by atoms with E-state index in [-0.39, 0.29) is 6.61 Å². The summed E-state index contributed by atoms with van der Waals surface area (Å²) in [4.78, 5) is 4.43. The van der Waals surface area contributed by atoms with E-state index in [0.717, 1.165) is 22.2 Å². The molecule has 2 aromatic rings. The maximum atomic E-state index is 9.26. The zero-order valence-corrected chi connectivity index (χ0v) is 13.1. The topological polar surface area (TPSA) is 56.5 Å². The monoisotopic (exact) mass is 308 g/mol. The van der Waals surface area contributed by atoms with Crippen LogP contribution in [-0.2, 0) is 17.9 Å². The van der Waals surface area contributed by atoms with Gasteiger partial charge in [-0.15, -0.1) is 0 Å². The smallest absolute Gasteiger partial charge is 0.168 e. The Balaban J connectivity index is 2.10. The number of benzene rings is 1. The van der Waals surface area contributed by atoms with Crippen LogP contribution in [0.15, 0.2) is 35.6 Å². The SMILES string of the molecule is COCCSc1nc(CO)cn1Cc1ccc(OC)cc1. The number of ether oxygens (including phenoxy) is 2. The van der Waals surface area contributed by atoms with Crippen LogP contribution in [0.5, 0.6) is 5.75 Å². The highest BCUT2D eigenvalue weighted by atomic mass is 32.2. The third kappa shape index (κ3) is 4.49. The average Bonchev–Trinajstić information content (AvgIpc) is 2.90. The molecule has 0 unspecified atom stereocenters. The number of hydrogen-bond donors (Lipinski definition) is 1. The quantitative estimate of drug-likeness (QED) is 0.598. The minimum Gasteiger partial charge on any atom is -0.497 e. The summed E-state index contributed by atoms with van der Waals surface area (Å²) in [6.45, 7) is 1.34. The fraction of sp³-hybridized carbons (Fsp3) is 0.400. The largest absolute Gasteiger partial charge is 0.497 e. The summed E-state index contributed by atoms with van der Waals surface area (Å²) >= 11 is 1.63. The van der Waals surface area contributed by atoms with Crippen LogP contribution in [0.1, 0.15) is 11.3 Å². The molecule has 0 aliphatic heterocycles. The Hall–Kier alpha value is -1.50. The van der Waals surface area contributed by atoms with E-state index in [0.29, 0.717) is 18.8 Å². The first kappa shape index (κ1) is 15.9. The summed E-state index contributed by atoms with van der Waals surface area (Å²) in [5.41, 5.74) is 1.84. The number of hydrogen-bond acceptors (Lipinski definition) is 5. The molecule has 6 heteroatoms. The van der Waals surface area contributed by atoms with Gasteiger partial charge in [-0.3, -0.25) is 0 Å². The molecular weight excluding hydrogens is 288 g/mol. The number of imidazole rings is 1. The molecule has 0 aliphatic rings. The molecule has 0 bridgehead atoms. The third-order valence-corrected chi connectivity index (χ3v) is 3.94. The van der Waals surface area contributed by atoms with E-state index in [1.807, 2.05) is 35.0 Å². The van der Waals surface area contributed by atoms with Crippen molar-refractivity contribution in [3.63, 3.8) is 0 Å². The second-order valence-electron chi connectivity index (χ2n) is 4.49. The maximum absolute atomic E-state index is 9.26. The van der Waals surface area contributed by atoms with Crippen LogP contribution in [0.4, 0.5) is 0 Å². The molecule has 1 aromatic carbocycles. The lowest BCUT2D eigenvalue weighted by atomic mass is 10.2. The molecule has 0 fully saturated rings. The van der Waals surface area contributed by atoms with E-state index in [9.17, 15) is 5.11 Å². The van der Waals surface area contributed by atoms with E-state index in [4.69, 9.17) is 9.47 Å². The van der Waals surface area contributed by atoms with Crippen molar-refractivity contribution < 1.29 is 14.6 Å². The molecule has 1 heterocycles. The van der Waals surface area contributed by atoms with Crippen molar-refractivity contribution in [2.24, 2.45) is 0 Å². The van der Waals surface area contributed by atoms with Gasteiger partial charge >= 0.3 is 0 Å². The van der Waals surface area contributed by atoms with Crippen molar-refractivity contribution in [2.45, 2.75) is 18.3 Å². The lowest BCUT2D eigenvalue weighted by Gasteiger charge is -2.08. The Morgan fingerprint density at radius 3 is 2.62 bits per heavy atom. The third-order valence-electron chi connectivity index (χ3n) is 2.98. The first-order valence-corrected chi connectivity index (χ1v) is 7.67. The fourth-order valence-electron chi connectivity index (χ4n) is 1.90. The van der Waals surface area contributed by atoms with Crippen molar-refractivity contribution in [1.82, 2.24) is 9.55 Å². The van der Waals surface area contributed by atoms with Crippen molar-refractivity contribution >= 4 is 11.8 Å². The molecule has 0 radical (unpaired) electrons. The van der Waals surface area contributed by atoms with E-state index >= 15 is 0 Å². The van der Waals surface area contributed by atoms with E-state index in [1.165, 1.54) is 0 Å². The fourth-order valence-corrected chi connectivity index (χ4v) is 2.80. The zero-order valence-electron chi connectivity index (χ0n) is 12.3. The van der Waals surface area contributed by atoms with Gasteiger partial charge in [-0.2, -0.15) is 0 Å². The number of methoxy groups -OCH3 is 2. The first-order valence-electron chi connectivity index (χ1n) is 6.68. The maximum Gasteiger partial charge on any atom is 0.168 e. The van der Waals surface area contributed by atoms with Crippen molar-refractivity contribution in [1.29, 1.82) is 0 Å². The predicted molar refractivity (Wildman–Crippen MR) is 82.8 cm³/mol. The first-order chi connectivity index (χ1) is 10.3. The highest BCUT2D eigenvalue weighted by Crippen LogP contribution is 2.20. The molecule has 0 saturated heterocycles. The summed E-state index contributed by atoms with van der Waals surface area (Å²) in [6, 6.07) is 7.94. The molecular formula is C15H20N2O3S. The van der Waals surface area contributed by atoms with Crippen LogP contribution in [0, 0.1) is 0 Å². The van der Waals surface area contributed by atoms with Crippen LogP contribution < -0.4 is 4.74 Å². The zero-order chi connectivity index (χ0) is 15.1. The van der Waals surface area contributed by atoms with Gasteiger partial charge in [-0.1, -0.05) is 23.9 Å². The molecule has 0 aliphatic carbocycles.